The summed E-state index contributed by atoms with van der Waals surface area (Å²) in [6.45, 7) is 20.2. The molecule has 0 N–H and O–H groups in total. The van der Waals surface area contributed by atoms with E-state index in [4.69, 9.17) is 0 Å². The zero-order valence-electron chi connectivity index (χ0n) is 28.3. The lowest BCUT2D eigenvalue weighted by molar-refractivity contribution is -0.155. The second-order valence-corrected chi connectivity index (χ2v) is 13.9. The molecule has 0 spiro atoms. The third-order valence-corrected chi connectivity index (χ3v) is 10.2. The van der Waals surface area contributed by atoms with Crippen molar-refractivity contribution in [3.05, 3.63) is 48.6 Å². The first kappa shape index (κ1) is 39.5. The normalized spacial score (nSPS) is 23.4. The highest BCUT2D eigenvalue weighted by Crippen LogP contribution is 2.48. The van der Waals surface area contributed by atoms with Gasteiger partial charge in [0.05, 0.1) is 12.8 Å². The minimum atomic E-state index is -2.43. The molecule has 48 heavy (non-hydrogen) atoms. The standard InChI is InChI=1S/C37H42O11/c1-19-9-11-21(3)36(5,6)25(19)15-13-23(38)17-27(40)29(42)31(44)33(46)35(48)34(47)32(45)30(43)28(41)18-24(39)14-16-26-20(2)10-12-22(4)37(26,7)8/h13-16,21-22,25-26H,1-2,9-12,17-18H2,3-8H3/b15-13+,16-14+/t21-,22-,25-,26-/m1/s1. The quantitative estimate of drug-likeness (QED) is 0.102. The Labute approximate surface area is 279 Å². The number of ketones is 11. The Morgan fingerprint density at radius 2 is 0.812 bits per heavy atom. The maximum Gasteiger partial charge on any atom is 0.281 e. The van der Waals surface area contributed by atoms with Crippen LogP contribution in [0.1, 0.15) is 80.1 Å². The first-order chi connectivity index (χ1) is 22.0. The SMILES string of the molecule is C=C1CC[C@@H](C)C(C)(C)[C@@H]1/C=C/C(=O)CC(=O)C(=O)C(=O)C(=O)C(=O)C(=O)C(=O)C(=O)C(=O)CC(=O)/C=C/[C@@H]1C(=C)CC[C@@H](C)C1(C)C. The average Bonchev–Trinajstić information content (AvgIpc) is 3.01. The Bertz CT molecular complexity index is 1480. The van der Waals surface area contributed by atoms with E-state index in [0.29, 0.717) is 11.8 Å². The molecule has 0 aromatic rings. The monoisotopic (exact) mass is 662 g/mol. The van der Waals surface area contributed by atoms with Gasteiger partial charge in [0.1, 0.15) is 0 Å². The van der Waals surface area contributed by atoms with Crippen LogP contribution < -0.4 is 0 Å². The molecule has 2 rings (SSSR count). The molecule has 0 radical (unpaired) electrons. The van der Waals surface area contributed by atoms with E-state index in [-0.39, 0.29) is 22.7 Å². The van der Waals surface area contributed by atoms with Crippen molar-refractivity contribution in [1.29, 1.82) is 0 Å². The molecule has 0 saturated heterocycles. The summed E-state index contributed by atoms with van der Waals surface area (Å²) in [5.41, 5.74) is 1.26. The Balaban J connectivity index is 1.98. The summed E-state index contributed by atoms with van der Waals surface area (Å²) in [4.78, 5) is 135. The lowest BCUT2D eigenvalue weighted by Crippen LogP contribution is -2.43. The molecule has 0 aliphatic heterocycles. The van der Waals surface area contributed by atoms with E-state index in [1.54, 1.807) is 12.2 Å². The average molecular weight is 663 g/mol. The van der Waals surface area contributed by atoms with Crippen molar-refractivity contribution in [2.75, 3.05) is 0 Å². The molecule has 0 aromatic heterocycles. The van der Waals surface area contributed by atoms with Crippen LogP contribution in [0.15, 0.2) is 48.6 Å². The van der Waals surface area contributed by atoms with E-state index in [0.717, 1.165) is 49.0 Å². The highest BCUT2D eigenvalue weighted by molar-refractivity contribution is 7.00. The molecule has 4 atom stereocenters. The molecule has 0 unspecified atom stereocenters. The highest BCUT2D eigenvalue weighted by atomic mass is 16.2. The maximum atomic E-state index is 12.4. The van der Waals surface area contributed by atoms with Crippen LogP contribution in [0.25, 0.3) is 0 Å². The Hall–Kier alpha value is -4.67. The highest BCUT2D eigenvalue weighted by Gasteiger charge is 2.43. The lowest BCUT2D eigenvalue weighted by atomic mass is 9.61. The molecule has 0 bridgehead atoms. The zero-order valence-corrected chi connectivity index (χ0v) is 28.3. The molecule has 2 aliphatic rings. The number of rotatable bonds is 16. The van der Waals surface area contributed by atoms with Crippen molar-refractivity contribution < 1.29 is 52.7 Å². The van der Waals surface area contributed by atoms with Gasteiger partial charge in [-0.05, 0) is 60.5 Å². The van der Waals surface area contributed by atoms with E-state index in [1.807, 2.05) is 27.7 Å². The van der Waals surface area contributed by atoms with Crippen LogP contribution in [0.3, 0.4) is 0 Å². The van der Waals surface area contributed by atoms with Gasteiger partial charge < -0.3 is 0 Å². The second-order valence-electron chi connectivity index (χ2n) is 13.9. The van der Waals surface area contributed by atoms with Gasteiger partial charge in [-0.3, -0.25) is 52.7 Å². The van der Waals surface area contributed by atoms with Crippen LogP contribution in [0.2, 0.25) is 0 Å². The van der Waals surface area contributed by atoms with Gasteiger partial charge in [0, 0.05) is 11.8 Å². The first-order valence-electron chi connectivity index (χ1n) is 15.7. The number of hydrogen-bond acceptors (Lipinski definition) is 11. The topological polar surface area (TPSA) is 188 Å². The largest absolute Gasteiger partial charge is 0.294 e. The predicted molar refractivity (Wildman–Crippen MR) is 172 cm³/mol. The van der Waals surface area contributed by atoms with E-state index in [1.165, 1.54) is 0 Å². The van der Waals surface area contributed by atoms with Gasteiger partial charge in [-0.2, -0.15) is 0 Å². The summed E-state index contributed by atoms with van der Waals surface area (Å²) in [5, 5.41) is 0. The van der Waals surface area contributed by atoms with Crippen LogP contribution >= 0.6 is 0 Å². The molecule has 11 nitrogen and oxygen atoms in total. The number of carbonyl (C=O) groups excluding carboxylic acids is 11. The summed E-state index contributed by atoms with van der Waals surface area (Å²) in [5.74, 6) is -20.8. The fourth-order valence-corrected chi connectivity index (χ4v) is 6.06. The molecule has 0 heterocycles. The molecule has 2 fully saturated rings. The summed E-state index contributed by atoms with van der Waals surface area (Å²) in [7, 11) is 0. The lowest BCUT2D eigenvalue weighted by Gasteiger charge is -2.44. The molecule has 256 valence electrons. The summed E-state index contributed by atoms with van der Waals surface area (Å²) < 4.78 is 0. The third kappa shape index (κ3) is 8.81. The van der Waals surface area contributed by atoms with Crippen molar-refractivity contribution in [3.8, 4) is 0 Å². The van der Waals surface area contributed by atoms with E-state index >= 15 is 0 Å². The van der Waals surface area contributed by atoms with Gasteiger partial charge in [0.25, 0.3) is 40.5 Å². The summed E-state index contributed by atoms with van der Waals surface area (Å²) >= 11 is 0. The number of hydrogen-bond donors (Lipinski definition) is 0. The van der Waals surface area contributed by atoms with Crippen LogP contribution in [0, 0.1) is 34.5 Å². The molecule has 11 heteroatoms. The van der Waals surface area contributed by atoms with Crippen molar-refractivity contribution in [2.45, 2.75) is 80.1 Å². The third-order valence-electron chi connectivity index (χ3n) is 10.2. The molecular weight excluding hydrogens is 620 g/mol. The second kappa shape index (κ2) is 15.5. The van der Waals surface area contributed by atoms with Gasteiger partial charge in [-0.15, -0.1) is 0 Å². The number of carbonyl (C=O) groups is 11. The minimum absolute atomic E-state index is 0.206. The Kier molecular flexibility index (Phi) is 12.7. The van der Waals surface area contributed by atoms with Gasteiger partial charge in [-0.1, -0.05) is 78.0 Å². The predicted octanol–water partition coefficient (Wildman–Crippen LogP) is 3.40. The van der Waals surface area contributed by atoms with Crippen LogP contribution in [-0.4, -0.2) is 63.6 Å². The molecule has 2 saturated carbocycles. The van der Waals surface area contributed by atoms with Crippen LogP contribution in [0.5, 0.6) is 0 Å². The zero-order chi connectivity index (χ0) is 36.9. The van der Waals surface area contributed by atoms with Crippen molar-refractivity contribution >= 4 is 63.6 Å². The number of allylic oxidation sites excluding steroid dienone is 6. The van der Waals surface area contributed by atoms with Crippen LogP contribution in [0.4, 0.5) is 0 Å². The molecule has 0 amide bonds. The van der Waals surface area contributed by atoms with E-state index in [2.05, 4.69) is 27.0 Å². The minimum Gasteiger partial charge on any atom is -0.294 e. The smallest absolute Gasteiger partial charge is 0.281 e. The van der Waals surface area contributed by atoms with Gasteiger partial charge >= 0.3 is 0 Å². The van der Waals surface area contributed by atoms with Crippen molar-refractivity contribution in [3.63, 3.8) is 0 Å². The fraction of sp³-hybridized carbons (Fsp3) is 0.486. The van der Waals surface area contributed by atoms with Crippen molar-refractivity contribution in [2.24, 2.45) is 34.5 Å². The maximum absolute atomic E-state index is 12.4. The molecule has 2 aliphatic carbocycles. The Morgan fingerprint density at radius 1 is 0.542 bits per heavy atom. The molecular formula is C37H42O11. The van der Waals surface area contributed by atoms with Gasteiger partial charge in [0.2, 0.25) is 11.6 Å². The van der Waals surface area contributed by atoms with Crippen molar-refractivity contribution in [1.82, 2.24) is 0 Å². The van der Waals surface area contributed by atoms with Gasteiger partial charge in [-0.25, -0.2) is 0 Å². The fourth-order valence-electron chi connectivity index (χ4n) is 6.06. The van der Waals surface area contributed by atoms with Gasteiger partial charge in [0.15, 0.2) is 11.6 Å². The summed E-state index contributed by atoms with van der Waals surface area (Å²) in [6.07, 6.45) is 6.30. The summed E-state index contributed by atoms with van der Waals surface area (Å²) in [6, 6.07) is 0. The molecule has 0 aromatic carbocycles. The first-order valence-corrected chi connectivity index (χ1v) is 15.7. The Morgan fingerprint density at radius 3 is 1.10 bits per heavy atom. The van der Waals surface area contributed by atoms with E-state index < -0.39 is 76.5 Å². The number of Topliss-reactive ketones (excluding diaryl/α,β-unsaturated/α-hetero) is 9. The van der Waals surface area contributed by atoms with E-state index in [9.17, 15) is 52.7 Å². The van der Waals surface area contributed by atoms with Crippen LogP contribution in [-0.2, 0) is 52.7 Å².